The zero-order valence-electron chi connectivity index (χ0n) is 18.0. The molecule has 1 amide bonds. The van der Waals surface area contributed by atoms with E-state index in [-0.39, 0.29) is 35.8 Å². The van der Waals surface area contributed by atoms with E-state index in [1.54, 1.807) is 7.11 Å². The molecule has 1 atom stereocenters. The highest BCUT2D eigenvalue weighted by Gasteiger charge is 2.24. The molecule has 3 rings (SSSR count). The third-order valence-corrected chi connectivity index (χ3v) is 4.84. The number of anilines is 1. The lowest BCUT2D eigenvalue weighted by molar-refractivity contribution is -0.116. The van der Waals surface area contributed by atoms with Crippen LogP contribution in [0, 0.1) is 0 Å². The second-order valence-electron chi connectivity index (χ2n) is 7.06. The van der Waals surface area contributed by atoms with Crippen LogP contribution in [-0.4, -0.2) is 45.2 Å². The van der Waals surface area contributed by atoms with E-state index in [0.717, 1.165) is 48.2 Å². The lowest BCUT2D eigenvalue weighted by Crippen LogP contribution is -2.38. The van der Waals surface area contributed by atoms with Crippen LogP contribution in [0.2, 0.25) is 0 Å². The Morgan fingerprint density at radius 2 is 1.97 bits per heavy atom. The quantitative estimate of drug-likeness (QED) is 0.196. The minimum Gasteiger partial charge on any atom is -0.497 e. The van der Waals surface area contributed by atoms with E-state index in [9.17, 15) is 4.79 Å². The van der Waals surface area contributed by atoms with Gasteiger partial charge in [0.1, 0.15) is 11.5 Å². The molecule has 0 radical (unpaired) electrons. The van der Waals surface area contributed by atoms with Crippen molar-refractivity contribution in [3.63, 3.8) is 0 Å². The smallest absolute Gasteiger partial charge is 0.225 e. The molecule has 2 aromatic rings. The molecule has 1 aliphatic heterocycles. The van der Waals surface area contributed by atoms with Crippen LogP contribution < -0.4 is 25.4 Å². The Kier molecular flexibility index (Phi) is 10.4. The van der Waals surface area contributed by atoms with Gasteiger partial charge in [-0.25, -0.2) is 0 Å². The van der Waals surface area contributed by atoms with E-state index in [2.05, 4.69) is 22.0 Å². The molecule has 3 N–H and O–H groups in total. The normalized spacial score (nSPS) is 15.2. The topological polar surface area (TPSA) is 84.0 Å². The van der Waals surface area contributed by atoms with Crippen molar-refractivity contribution in [3.05, 3.63) is 54.1 Å². The summed E-state index contributed by atoms with van der Waals surface area (Å²) < 4.78 is 11.0. The molecule has 0 saturated heterocycles. The number of nitrogens with zero attached hydrogens (tertiary/aromatic N) is 1. The van der Waals surface area contributed by atoms with Gasteiger partial charge in [-0.05, 0) is 37.1 Å². The second-order valence-corrected chi connectivity index (χ2v) is 7.06. The molecule has 1 aliphatic rings. The molecule has 2 aromatic carbocycles. The number of carbonyl (C=O) groups excluding carboxylic acids is 1. The van der Waals surface area contributed by atoms with Crippen molar-refractivity contribution in [2.45, 2.75) is 25.7 Å². The summed E-state index contributed by atoms with van der Waals surface area (Å²) in [6, 6.07) is 15.5. The van der Waals surface area contributed by atoms with Gasteiger partial charge in [-0.3, -0.25) is 9.79 Å². The third kappa shape index (κ3) is 7.61. The number of ether oxygens (including phenoxy) is 2. The lowest BCUT2D eigenvalue weighted by Gasteiger charge is -2.24. The first kappa shape index (κ1) is 24.8. The summed E-state index contributed by atoms with van der Waals surface area (Å²) in [6.07, 6.45) is 1.28. The molecule has 1 unspecified atom stereocenters. The zero-order valence-corrected chi connectivity index (χ0v) is 20.3. The Labute approximate surface area is 201 Å². The molecule has 8 heteroatoms. The molecule has 0 bridgehead atoms. The van der Waals surface area contributed by atoms with Crippen LogP contribution in [0.25, 0.3) is 0 Å². The van der Waals surface area contributed by atoms with Gasteiger partial charge in [-0.2, -0.15) is 0 Å². The number of rotatable bonds is 9. The van der Waals surface area contributed by atoms with Crippen molar-refractivity contribution >= 4 is 41.5 Å². The van der Waals surface area contributed by atoms with Crippen molar-refractivity contribution < 1.29 is 14.3 Å². The molecular formula is C23H31IN4O3. The number of hydrogen-bond acceptors (Lipinski definition) is 4. The van der Waals surface area contributed by atoms with E-state index in [0.29, 0.717) is 19.6 Å². The zero-order chi connectivity index (χ0) is 21.2. The van der Waals surface area contributed by atoms with Crippen molar-refractivity contribution in [3.8, 4) is 11.5 Å². The van der Waals surface area contributed by atoms with Crippen LogP contribution in [0.4, 0.5) is 5.69 Å². The number of para-hydroxylation sites is 1. The molecule has 168 valence electrons. The predicted molar refractivity (Wildman–Crippen MR) is 135 cm³/mol. The summed E-state index contributed by atoms with van der Waals surface area (Å²) in [5.41, 5.74) is 2.03. The van der Waals surface area contributed by atoms with Crippen molar-refractivity contribution in [1.29, 1.82) is 0 Å². The number of methoxy groups -OCH3 is 1. The maximum absolute atomic E-state index is 12.0. The highest BCUT2D eigenvalue weighted by atomic mass is 127. The summed E-state index contributed by atoms with van der Waals surface area (Å²) in [4.78, 5) is 16.7. The SMILES string of the molecule is CCNC(=NCC1CC(=O)Nc2ccccc21)NCCCOc1cccc(OC)c1.I. The average Bonchev–Trinajstić information content (AvgIpc) is 2.77. The standard InChI is InChI=1S/C23H30N4O3.HI/c1-3-24-23(25-12-7-13-30-19-9-6-8-18(15-19)29-2)26-16-17-14-22(28)27-21-11-5-4-10-20(17)21;/h4-6,8-11,15,17H,3,7,12-14,16H2,1-2H3,(H,27,28)(H2,24,25,26);1H. The molecule has 0 saturated carbocycles. The van der Waals surface area contributed by atoms with Gasteiger partial charge in [0.05, 0.1) is 20.3 Å². The van der Waals surface area contributed by atoms with Gasteiger partial charge < -0.3 is 25.4 Å². The summed E-state index contributed by atoms with van der Waals surface area (Å²) in [5.74, 6) is 2.46. The Hall–Kier alpha value is -2.49. The number of halogens is 1. The molecule has 0 spiro atoms. The number of fused-ring (bicyclic) bond motifs is 1. The van der Waals surface area contributed by atoms with E-state index in [1.807, 2.05) is 49.4 Å². The summed E-state index contributed by atoms with van der Waals surface area (Å²) in [7, 11) is 1.64. The summed E-state index contributed by atoms with van der Waals surface area (Å²) in [6.45, 7) is 4.69. The fraction of sp³-hybridized carbons (Fsp3) is 0.391. The van der Waals surface area contributed by atoms with Crippen LogP contribution in [0.1, 0.15) is 31.2 Å². The molecule has 31 heavy (non-hydrogen) atoms. The van der Waals surface area contributed by atoms with Gasteiger partial charge in [0.25, 0.3) is 0 Å². The van der Waals surface area contributed by atoms with Gasteiger partial charge in [-0.15, -0.1) is 24.0 Å². The maximum Gasteiger partial charge on any atom is 0.225 e. The summed E-state index contributed by atoms with van der Waals surface area (Å²) in [5, 5.41) is 9.53. The minimum atomic E-state index is 0. The van der Waals surface area contributed by atoms with Gasteiger partial charge in [-0.1, -0.05) is 24.3 Å². The Balaban J connectivity index is 0.00000341. The lowest BCUT2D eigenvalue weighted by atomic mass is 9.91. The van der Waals surface area contributed by atoms with Crippen LogP contribution >= 0.6 is 24.0 Å². The highest BCUT2D eigenvalue weighted by molar-refractivity contribution is 14.0. The van der Waals surface area contributed by atoms with Crippen LogP contribution in [0.15, 0.2) is 53.5 Å². The third-order valence-electron chi connectivity index (χ3n) is 4.84. The number of benzene rings is 2. The Bertz CT molecular complexity index is 875. The van der Waals surface area contributed by atoms with E-state index < -0.39 is 0 Å². The van der Waals surface area contributed by atoms with Crippen molar-refractivity contribution in [2.75, 3.05) is 38.7 Å². The second kappa shape index (κ2) is 13.0. The molecule has 7 nitrogen and oxygen atoms in total. The van der Waals surface area contributed by atoms with Gasteiger partial charge in [0.15, 0.2) is 5.96 Å². The van der Waals surface area contributed by atoms with Crippen LogP contribution in [-0.2, 0) is 4.79 Å². The van der Waals surface area contributed by atoms with E-state index in [4.69, 9.17) is 14.5 Å². The predicted octanol–water partition coefficient (Wildman–Crippen LogP) is 3.76. The average molecular weight is 538 g/mol. The first-order valence-corrected chi connectivity index (χ1v) is 10.4. The molecule has 1 heterocycles. The van der Waals surface area contributed by atoms with Crippen LogP contribution in [0.3, 0.4) is 0 Å². The fourth-order valence-corrected chi connectivity index (χ4v) is 3.37. The number of carbonyl (C=O) groups is 1. The van der Waals surface area contributed by atoms with Gasteiger partial charge >= 0.3 is 0 Å². The van der Waals surface area contributed by atoms with E-state index >= 15 is 0 Å². The van der Waals surface area contributed by atoms with Gasteiger partial charge in [0, 0.05) is 37.2 Å². The number of nitrogens with one attached hydrogen (secondary N) is 3. The molecule has 0 aromatic heterocycles. The number of hydrogen-bond donors (Lipinski definition) is 3. The van der Waals surface area contributed by atoms with Crippen LogP contribution in [0.5, 0.6) is 11.5 Å². The first-order valence-electron chi connectivity index (χ1n) is 10.4. The van der Waals surface area contributed by atoms with Crippen molar-refractivity contribution in [1.82, 2.24) is 10.6 Å². The minimum absolute atomic E-state index is 0. The molecule has 0 aliphatic carbocycles. The Morgan fingerprint density at radius 3 is 2.77 bits per heavy atom. The highest BCUT2D eigenvalue weighted by Crippen LogP contribution is 2.31. The number of guanidine groups is 1. The number of aliphatic imine (C=N–C) groups is 1. The molecular weight excluding hydrogens is 507 g/mol. The van der Waals surface area contributed by atoms with Gasteiger partial charge in [0.2, 0.25) is 5.91 Å². The molecule has 0 fully saturated rings. The first-order chi connectivity index (χ1) is 14.7. The monoisotopic (exact) mass is 538 g/mol. The largest absolute Gasteiger partial charge is 0.497 e. The van der Waals surface area contributed by atoms with E-state index in [1.165, 1.54) is 0 Å². The maximum atomic E-state index is 12.0. The van der Waals surface area contributed by atoms with Crippen molar-refractivity contribution in [2.24, 2.45) is 4.99 Å². The summed E-state index contributed by atoms with van der Waals surface area (Å²) >= 11 is 0. The fourth-order valence-electron chi connectivity index (χ4n) is 3.37. The number of amides is 1. The Morgan fingerprint density at radius 1 is 1.16 bits per heavy atom.